The summed E-state index contributed by atoms with van der Waals surface area (Å²) in [5, 5.41) is 3.29. The number of anilines is 1. The van der Waals surface area contributed by atoms with E-state index >= 15 is 0 Å². The standard InChI is InChI=1S/C15H19ClN2O3/c1-11(19)18(9-14-6-3-7-21-14)10-15(20)17-13-5-2-4-12(16)8-13/h2,4-5,8,14H,3,6-7,9-10H2,1H3,(H,17,20). The Morgan fingerprint density at radius 1 is 1.48 bits per heavy atom. The third-order valence-electron chi connectivity index (χ3n) is 3.34. The van der Waals surface area contributed by atoms with Crippen molar-refractivity contribution < 1.29 is 14.3 Å². The van der Waals surface area contributed by atoms with E-state index in [2.05, 4.69) is 5.32 Å². The molecule has 1 aromatic rings. The summed E-state index contributed by atoms with van der Waals surface area (Å²) in [6.45, 7) is 2.66. The summed E-state index contributed by atoms with van der Waals surface area (Å²) in [6.07, 6.45) is 1.97. The van der Waals surface area contributed by atoms with Crippen LogP contribution in [0.1, 0.15) is 19.8 Å². The number of hydrogen-bond acceptors (Lipinski definition) is 3. The van der Waals surface area contributed by atoms with E-state index in [4.69, 9.17) is 16.3 Å². The molecule has 1 aliphatic heterocycles. The van der Waals surface area contributed by atoms with Crippen molar-refractivity contribution in [3.63, 3.8) is 0 Å². The lowest BCUT2D eigenvalue weighted by atomic mass is 10.2. The Hall–Kier alpha value is -1.59. The average Bonchev–Trinajstić information content (AvgIpc) is 2.90. The summed E-state index contributed by atoms with van der Waals surface area (Å²) in [5.41, 5.74) is 0.619. The molecule has 1 atom stereocenters. The molecule has 1 N–H and O–H groups in total. The highest BCUT2D eigenvalue weighted by atomic mass is 35.5. The number of ether oxygens (including phenoxy) is 1. The molecule has 0 aliphatic carbocycles. The second kappa shape index (κ2) is 7.43. The number of benzene rings is 1. The van der Waals surface area contributed by atoms with Crippen molar-refractivity contribution in [3.05, 3.63) is 29.3 Å². The van der Waals surface area contributed by atoms with Gasteiger partial charge in [-0.05, 0) is 31.0 Å². The van der Waals surface area contributed by atoms with Gasteiger partial charge in [-0.1, -0.05) is 17.7 Å². The van der Waals surface area contributed by atoms with Crippen LogP contribution in [0.3, 0.4) is 0 Å². The smallest absolute Gasteiger partial charge is 0.243 e. The first kappa shape index (κ1) is 15.8. The van der Waals surface area contributed by atoms with E-state index in [1.54, 1.807) is 24.3 Å². The molecule has 5 nitrogen and oxygen atoms in total. The zero-order valence-electron chi connectivity index (χ0n) is 12.0. The highest BCUT2D eigenvalue weighted by Gasteiger charge is 2.22. The Morgan fingerprint density at radius 3 is 2.90 bits per heavy atom. The first-order chi connectivity index (χ1) is 10.0. The number of carbonyl (C=O) groups is 2. The minimum Gasteiger partial charge on any atom is -0.376 e. The minimum absolute atomic E-state index is 0.0156. The number of carbonyl (C=O) groups excluding carboxylic acids is 2. The molecule has 0 spiro atoms. The Kier molecular flexibility index (Phi) is 5.59. The van der Waals surface area contributed by atoms with Crippen LogP contribution in [0.25, 0.3) is 0 Å². The predicted octanol–water partition coefficient (Wildman–Crippen LogP) is 2.31. The maximum absolute atomic E-state index is 12.0. The van der Waals surface area contributed by atoms with Crippen LogP contribution in [0.4, 0.5) is 5.69 Å². The van der Waals surface area contributed by atoms with E-state index in [0.717, 1.165) is 19.4 Å². The van der Waals surface area contributed by atoms with Gasteiger partial charge in [0.15, 0.2) is 0 Å². The van der Waals surface area contributed by atoms with Gasteiger partial charge in [-0.15, -0.1) is 0 Å². The van der Waals surface area contributed by atoms with Crippen LogP contribution in [-0.2, 0) is 14.3 Å². The van der Waals surface area contributed by atoms with E-state index in [1.807, 2.05) is 0 Å². The molecule has 0 radical (unpaired) electrons. The van der Waals surface area contributed by atoms with Gasteiger partial charge in [-0.25, -0.2) is 0 Å². The maximum Gasteiger partial charge on any atom is 0.243 e. The maximum atomic E-state index is 12.0. The number of hydrogen-bond donors (Lipinski definition) is 1. The summed E-state index contributed by atoms with van der Waals surface area (Å²) < 4.78 is 5.51. The normalized spacial score (nSPS) is 17.5. The van der Waals surface area contributed by atoms with Crippen LogP contribution in [-0.4, -0.2) is 42.5 Å². The van der Waals surface area contributed by atoms with Crippen LogP contribution in [0, 0.1) is 0 Å². The van der Waals surface area contributed by atoms with Crippen LogP contribution >= 0.6 is 11.6 Å². The van der Waals surface area contributed by atoms with E-state index in [0.29, 0.717) is 17.3 Å². The van der Waals surface area contributed by atoms with Gasteiger partial charge >= 0.3 is 0 Å². The lowest BCUT2D eigenvalue weighted by Crippen LogP contribution is -2.41. The molecule has 0 bridgehead atoms. The number of halogens is 1. The van der Waals surface area contributed by atoms with Gasteiger partial charge in [-0.2, -0.15) is 0 Å². The van der Waals surface area contributed by atoms with Crippen molar-refractivity contribution in [2.45, 2.75) is 25.9 Å². The van der Waals surface area contributed by atoms with Gasteiger partial charge in [0.1, 0.15) is 0 Å². The van der Waals surface area contributed by atoms with Gasteiger partial charge in [0.05, 0.1) is 12.6 Å². The van der Waals surface area contributed by atoms with Gasteiger partial charge < -0.3 is 15.0 Å². The lowest BCUT2D eigenvalue weighted by molar-refractivity contribution is -0.134. The number of amides is 2. The molecule has 0 aromatic heterocycles. The van der Waals surface area contributed by atoms with Gasteiger partial charge in [0.25, 0.3) is 0 Å². The zero-order chi connectivity index (χ0) is 15.2. The van der Waals surface area contributed by atoms with Crippen molar-refractivity contribution in [1.29, 1.82) is 0 Å². The quantitative estimate of drug-likeness (QED) is 0.908. The van der Waals surface area contributed by atoms with E-state index in [-0.39, 0.29) is 24.5 Å². The van der Waals surface area contributed by atoms with E-state index in [9.17, 15) is 9.59 Å². The zero-order valence-corrected chi connectivity index (χ0v) is 12.7. The molecule has 0 saturated carbocycles. The lowest BCUT2D eigenvalue weighted by Gasteiger charge is -2.23. The third kappa shape index (κ3) is 5.02. The Bertz CT molecular complexity index is 515. The van der Waals surface area contributed by atoms with Gasteiger partial charge in [-0.3, -0.25) is 9.59 Å². The number of rotatable bonds is 5. The predicted molar refractivity (Wildman–Crippen MR) is 81.3 cm³/mol. The number of nitrogens with one attached hydrogen (secondary N) is 1. The minimum atomic E-state index is -0.245. The second-order valence-electron chi connectivity index (χ2n) is 5.09. The summed E-state index contributed by atoms with van der Waals surface area (Å²) >= 11 is 5.87. The molecule has 2 amide bonds. The molecule has 1 aliphatic rings. The molecular weight excluding hydrogens is 292 g/mol. The second-order valence-corrected chi connectivity index (χ2v) is 5.53. The average molecular weight is 311 g/mol. The molecule has 6 heteroatoms. The molecule has 21 heavy (non-hydrogen) atoms. The molecule has 1 aromatic carbocycles. The molecule has 1 fully saturated rings. The van der Waals surface area contributed by atoms with Crippen molar-refractivity contribution in [2.24, 2.45) is 0 Å². The SMILES string of the molecule is CC(=O)N(CC(=O)Nc1cccc(Cl)c1)CC1CCCO1. The van der Waals surface area contributed by atoms with E-state index in [1.165, 1.54) is 11.8 Å². The molecule has 1 saturated heterocycles. The fourth-order valence-corrected chi connectivity index (χ4v) is 2.47. The molecule has 1 unspecified atom stereocenters. The first-order valence-corrected chi connectivity index (χ1v) is 7.35. The fourth-order valence-electron chi connectivity index (χ4n) is 2.28. The highest BCUT2D eigenvalue weighted by molar-refractivity contribution is 6.30. The molecule has 2 rings (SSSR count). The van der Waals surface area contributed by atoms with Crippen molar-refractivity contribution in [1.82, 2.24) is 4.90 Å². The van der Waals surface area contributed by atoms with Crippen molar-refractivity contribution in [2.75, 3.05) is 25.0 Å². The molecule has 114 valence electrons. The van der Waals surface area contributed by atoms with E-state index < -0.39 is 0 Å². The van der Waals surface area contributed by atoms with Crippen molar-refractivity contribution in [3.8, 4) is 0 Å². The van der Waals surface area contributed by atoms with Crippen LogP contribution in [0.2, 0.25) is 5.02 Å². The fraction of sp³-hybridized carbons (Fsp3) is 0.467. The van der Waals surface area contributed by atoms with Crippen LogP contribution in [0.15, 0.2) is 24.3 Å². The molecular formula is C15H19ClN2O3. The first-order valence-electron chi connectivity index (χ1n) is 6.97. The van der Waals surface area contributed by atoms with Gasteiger partial charge in [0.2, 0.25) is 11.8 Å². The number of nitrogens with zero attached hydrogens (tertiary/aromatic N) is 1. The van der Waals surface area contributed by atoms with Crippen LogP contribution in [0.5, 0.6) is 0 Å². The summed E-state index contributed by atoms with van der Waals surface area (Å²) in [4.78, 5) is 25.2. The van der Waals surface area contributed by atoms with Gasteiger partial charge in [0, 0.05) is 30.8 Å². The Labute approximate surface area is 129 Å². The van der Waals surface area contributed by atoms with Crippen LogP contribution < -0.4 is 5.32 Å². The van der Waals surface area contributed by atoms with Crippen molar-refractivity contribution >= 4 is 29.1 Å². The highest BCUT2D eigenvalue weighted by Crippen LogP contribution is 2.16. The summed E-state index contributed by atoms with van der Waals surface area (Å²) in [5.74, 6) is -0.378. The topological polar surface area (TPSA) is 58.6 Å². The summed E-state index contributed by atoms with van der Waals surface area (Å²) in [7, 11) is 0. The largest absolute Gasteiger partial charge is 0.376 e. The summed E-state index contributed by atoms with van der Waals surface area (Å²) in [6, 6.07) is 6.91. The monoisotopic (exact) mass is 310 g/mol. The molecule has 1 heterocycles. The third-order valence-corrected chi connectivity index (χ3v) is 3.57. The Balaban J connectivity index is 1.90. The Morgan fingerprint density at radius 2 is 2.29 bits per heavy atom.